The van der Waals surface area contributed by atoms with Crippen molar-refractivity contribution in [1.82, 2.24) is 29.8 Å². The molecule has 1 aliphatic carbocycles. The number of halogens is 4. The highest BCUT2D eigenvalue weighted by Gasteiger charge is 2.43. The molecule has 2 atom stereocenters. The van der Waals surface area contributed by atoms with Crippen molar-refractivity contribution in [2.24, 2.45) is 17.8 Å². The number of amides is 1. The molecule has 3 aliphatic rings. The molecule has 2 fully saturated rings. The summed E-state index contributed by atoms with van der Waals surface area (Å²) in [6, 6.07) is 5.08. The molecule has 6 rings (SSSR count). The summed E-state index contributed by atoms with van der Waals surface area (Å²) in [6.45, 7) is 6.57. The van der Waals surface area contributed by atoms with E-state index in [-0.39, 0.29) is 43.4 Å². The van der Waals surface area contributed by atoms with Crippen molar-refractivity contribution in [3.05, 3.63) is 47.1 Å². The molecule has 1 aromatic carbocycles. The maximum atomic E-state index is 14.8. The van der Waals surface area contributed by atoms with E-state index in [1.165, 1.54) is 23.5 Å². The molecular weight excluding hydrogens is 570 g/mol. The van der Waals surface area contributed by atoms with Crippen LogP contribution in [0.3, 0.4) is 0 Å². The Balaban J connectivity index is 0.924. The predicted octanol–water partition coefficient (Wildman–Crippen LogP) is 4.85. The minimum atomic E-state index is -4.65. The number of hydrogen-bond donors (Lipinski definition) is 0. The molecule has 4 heterocycles. The van der Waals surface area contributed by atoms with Crippen LogP contribution in [0.25, 0.3) is 0 Å². The zero-order chi connectivity index (χ0) is 30.3. The average molecular weight is 606 g/mol. The first kappa shape index (κ1) is 29.4. The van der Waals surface area contributed by atoms with Crippen molar-refractivity contribution < 1.29 is 31.6 Å². The molecule has 14 heteroatoms. The third kappa shape index (κ3) is 6.62. The molecular formula is C29H35F4N7O3. The molecule has 0 spiro atoms. The van der Waals surface area contributed by atoms with Gasteiger partial charge in [-0.2, -0.15) is 18.2 Å². The lowest BCUT2D eigenvalue weighted by Gasteiger charge is -2.30. The second kappa shape index (κ2) is 11.8. The number of benzene rings is 1. The number of rotatable bonds is 9. The number of alkyl halides is 3. The minimum Gasteiger partial charge on any atom is -0.493 e. The topological polar surface area (TPSA) is 102 Å². The van der Waals surface area contributed by atoms with Crippen molar-refractivity contribution >= 4 is 11.9 Å². The van der Waals surface area contributed by atoms with Crippen molar-refractivity contribution in [2.75, 3.05) is 31.1 Å². The quantitative estimate of drug-likeness (QED) is 0.319. The van der Waals surface area contributed by atoms with Gasteiger partial charge in [0, 0.05) is 31.6 Å². The first-order valence-electron chi connectivity index (χ1n) is 14.8. The van der Waals surface area contributed by atoms with Crippen LogP contribution in [-0.2, 0) is 30.5 Å². The Morgan fingerprint density at radius 2 is 1.93 bits per heavy atom. The molecule has 0 unspecified atom stereocenters. The summed E-state index contributed by atoms with van der Waals surface area (Å²) in [5.41, 5.74) is 0.204. The van der Waals surface area contributed by atoms with Gasteiger partial charge in [-0.3, -0.25) is 4.79 Å². The maximum Gasteiger partial charge on any atom is 0.453 e. The number of nitrogens with zero attached hydrogens (tertiary/aromatic N) is 7. The molecule has 0 radical (unpaired) electrons. The molecule has 0 N–H and O–H groups in total. The van der Waals surface area contributed by atoms with Crippen LogP contribution < -0.4 is 9.64 Å². The lowest BCUT2D eigenvalue weighted by Crippen LogP contribution is -2.39. The van der Waals surface area contributed by atoms with Gasteiger partial charge in [0.1, 0.15) is 17.4 Å². The molecule has 232 valence electrons. The van der Waals surface area contributed by atoms with Gasteiger partial charge < -0.3 is 19.1 Å². The SMILES string of the molecule is CC(C)c1noc(N2CCC([C@H]3C[C@H]3CCOc3ccc(CC(=O)N4CCn5nc(C(F)(F)F)nc5C4)c(F)c3)CC2)n1. The van der Waals surface area contributed by atoms with Gasteiger partial charge in [0.05, 0.1) is 26.1 Å². The number of carbonyl (C=O) groups is 1. The van der Waals surface area contributed by atoms with Gasteiger partial charge in [0.25, 0.3) is 5.82 Å². The van der Waals surface area contributed by atoms with Crippen molar-refractivity contribution in [1.29, 1.82) is 0 Å². The number of carbonyl (C=O) groups excluding carboxylic acids is 1. The number of piperidine rings is 1. The fourth-order valence-electron chi connectivity index (χ4n) is 6.12. The summed E-state index contributed by atoms with van der Waals surface area (Å²) >= 11 is 0. The van der Waals surface area contributed by atoms with Crippen LogP contribution in [0.5, 0.6) is 5.75 Å². The Morgan fingerprint density at radius 1 is 1.14 bits per heavy atom. The second-order valence-electron chi connectivity index (χ2n) is 12.0. The Kier molecular flexibility index (Phi) is 8.03. The Bertz CT molecular complexity index is 1450. The Hall–Kier alpha value is -3.71. The van der Waals surface area contributed by atoms with E-state index >= 15 is 0 Å². The van der Waals surface area contributed by atoms with Gasteiger partial charge in [-0.15, -0.1) is 5.10 Å². The Morgan fingerprint density at radius 3 is 2.63 bits per heavy atom. The standard InChI is InChI=1S/C29H35F4N7O3/c1-17(2)26-35-28(43-37-26)38-8-5-18(6-9-38)22-13-19(22)7-12-42-21-4-3-20(23(30)15-21)14-25(41)39-10-11-40-24(16-39)34-27(36-40)29(31,32)33/h3-4,15,17-19,22H,5-14,16H2,1-2H3/t19-,22-/m1/s1. The molecule has 0 bridgehead atoms. The lowest BCUT2D eigenvalue weighted by molar-refractivity contribution is -0.145. The van der Waals surface area contributed by atoms with Crippen molar-refractivity contribution in [2.45, 2.75) is 71.1 Å². The third-order valence-electron chi connectivity index (χ3n) is 8.73. The maximum absolute atomic E-state index is 14.8. The highest BCUT2D eigenvalue weighted by atomic mass is 19.4. The molecule has 2 aliphatic heterocycles. The van der Waals surface area contributed by atoms with Gasteiger partial charge >= 0.3 is 12.2 Å². The van der Waals surface area contributed by atoms with E-state index in [2.05, 4.69) is 25.1 Å². The van der Waals surface area contributed by atoms with E-state index < -0.39 is 23.7 Å². The molecule has 2 aromatic heterocycles. The largest absolute Gasteiger partial charge is 0.493 e. The smallest absolute Gasteiger partial charge is 0.453 e. The molecule has 1 saturated heterocycles. The monoisotopic (exact) mass is 605 g/mol. The van der Waals surface area contributed by atoms with Crippen LogP contribution in [0.1, 0.15) is 68.5 Å². The highest BCUT2D eigenvalue weighted by molar-refractivity contribution is 5.79. The van der Waals surface area contributed by atoms with Crippen LogP contribution in [0, 0.1) is 23.6 Å². The predicted molar refractivity (Wildman–Crippen MR) is 146 cm³/mol. The first-order chi connectivity index (χ1) is 20.5. The molecule has 10 nitrogen and oxygen atoms in total. The highest BCUT2D eigenvalue weighted by Crippen LogP contribution is 2.50. The van der Waals surface area contributed by atoms with Crippen LogP contribution in [0.2, 0.25) is 0 Å². The van der Waals surface area contributed by atoms with Crippen LogP contribution in [0.15, 0.2) is 22.7 Å². The van der Waals surface area contributed by atoms with Gasteiger partial charge in [-0.05, 0) is 55.1 Å². The van der Waals surface area contributed by atoms with Gasteiger partial charge in [-0.1, -0.05) is 25.1 Å². The molecule has 1 saturated carbocycles. The summed E-state index contributed by atoms with van der Waals surface area (Å²) in [7, 11) is 0. The van der Waals surface area contributed by atoms with Gasteiger partial charge in [-0.25, -0.2) is 14.1 Å². The van der Waals surface area contributed by atoms with E-state index in [9.17, 15) is 22.4 Å². The van der Waals surface area contributed by atoms with Crippen LogP contribution in [0.4, 0.5) is 23.6 Å². The molecule has 43 heavy (non-hydrogen) atoms. The molecule has 3 aromatic rings. The van der Waals surface area contributed by atoms with Crippen LogP contribution in [-0.4, -0.2) is 62.0 Å². The number of anilines is 1. The average Bonchev–Trinajstić information content (AvgIpc) is 3.36. The van der Waals surface area contributed by atoms with E-state index in [1.54, 1.807) is 6.07 Å². The first-order valence-corrected chi connectivity index (χ1v) is 14.8. The van der Waals surface area contributed by atoms with Crippen molar-refractivity contribution in [3.8, 4) is 5.75 Å². The van der Waals surface area contributed by atoms with Crippen molar-refractivity contribution in [3.63, 3.8) is 0 Å². The van der Waals surface area contributed by atoms with E-state index in [0.717, 1.165) is 42.9 Å². The third-order valence-corrected chi connectivity index (χ3v) is 8.73. The zero-order valence-electron chi connectivity index (χ0n) is 24.2. The fourth-order valence-corrected chi connectivity index (χ4v) is 6.12. The number of aromatic nitrogens is 5. The lowest BCUT2D eigenvalue weighted by atomic mass is 9.90. The number of ether oxygens (including phenoxy) is 1. The van der Waals surface area contributed by atoms with Gasteiger partial charge in [0.15, 0.2) is 5.82 Å². The minimum absolute atomic E-state index is 0.0587. The van der Waals surface area contributed by atoms with E-state index in [1.807, 2.05) is 13.8 Å². The van der Waals surface area contributed by atoms with E-state index in [4.69, 9.17) is 9.26 Å². The van der Waals surface area contributed by atoms with Gasteiger partial charge in [0.2, 0.25) is 5.91 Å². The summed E-state index contributed by atoms with van der Waals surface area (Å²) in [5, 5.41) is 7.54. The number of hydrogen-bond acceptors (Lipinski definition) is 8. The normalized spacial score (nSPS) is 20.9. The summed E-state index contributed by atoms with van der Waals surface area (Å²) < 4.78 is 66.0. The van der Waals surface area contributed by atoms with Crippen LogP contribution >= 0.6 is 0 Å². The molecule has 1 amide bonds. The summed E-state index contributed by atoms with van der Waals surface area (Å²) in [6.07, 6.45) is -0.575. The zero-order valence-corrected chi connectivity index (χ0v) is 24.2. The summed E-state index contributed by atoms with van der Waals surface area (Å²) in [5.74, 6) is 1.24. The Labute approximate surface area is 246 Å². The fraction of sp³-hybridized carbons (Fsp3) is 0.621. The summed E-state index contributed by atoms with van der Waals surface area (Å²) in [4.78, 5) is 24.4. The van der Waals surface area contributed by atoms with E-state index in [0.29, 0.717) is 36.1 Å². The second-order valence-corrected chi connectivity index (χ2v) is 12.0. The number of fused-ring (bicyclic) bond motifs is 1.